The van der Waals surface area contributed by atoms with Crippen LogP contribution in [0.2, 0.25) is 0 Å². The second-order valence-electron chi connectivity index (χ2n) is 4.25. The van der Waals surface area contributed by atoms with E-state index < -0.39 is 0 Å². The van der Waals surface area contributed by atoms with Crippen molar-refractivity contribution < 1.29 is 4.79 Å². The molecule has 1 aromatic rings. The number of hydrogen-bond donors (Lipinski definition) is 0. The molecule has 0 radical (unpaired) electrons. The number of rotatable bonds is 4. The first-order valence-electron chi connectivity index (χ1n) is 4.64. The molecule has 0 saturated carbocycles. The Morgan fingerprint density at radius 2 is 2.21 bits per heavy atom. The molecule has 1 aromatic heterocycles. The number of ketones is 1. The van der Waals surface area contributed by atoms with Crippen molar-refractivity contribution in [1.29, 1.82) is 0 Å². The van der Waals surface area contributed by atoms with Crippen molar-refractivity contribution in [3.8, 4) is 0 Å². The van der Waals surface area contributed by atoms with E-state index >= 15 is 0 Å². The maximum absolute atomic E-state index is 11.5. The van der Waals surface area contributed by atoms with Crippen LogP contribution in [0.25, 0.3) is 0 Å². The lowest BCUT2D eigenvalue weighted by Gasteiger charge is -2.16. The van der Waals surface area contributed by atoms with Gasteiger partial charge in [0, 0.05) is 11.2 Å². The van der Waals surface area contributed by atoms with Crippen molar-refractivity contribution in [2.75, 3.05) is 5.75 Å². The zero-order valence-electron chi connectivity index (χ0n) is 8.87. The summed E-state index contributed by atoms with van der Waals surface area (Å²) in [7, 11) is 0. The van der Waals surface area contributed by atoms with Gasteiger partial charge in [-0.1, -0.05) is 20.8 Å². The zero-order chi connectivity index (χ0) is 10.6. The van der Waals surface area contributed by atoms with Gasteiger partial charge in [0.15, 0.2) is 0 Å². The summed E-state index contributed by atoms with van der Waals surface area (Å²) in [4.78, 5) is 11.5. The molecule has 14 heavy (non-hydrogen) atoms. The number of hydrogen-bond acceptors (Lipinski definition) is 3. The Hall–Kier alpha value is -0.280. The highest BCUT2D eigenvalue weighted by Crippen LogP contribution is 2.23. The van der Waals surface area contributed by atoms with Crippen molar-refractivity contribution in [3.63, 3.8) is 0 Å². The summed E-state index contributed by atoms with van der Waals surface area (Å²) >= 11 is 3.36. The van der Waals surface area contributed by atoms with Gasteiger partial charge in [-0.3, -0.25) is 4.79 Å². The summed E-state index contributed by atoms with van der Waals surface area (Å²) in [6, 6.07) is 2.02. The molecule has 0 unspecified atom stereocenters. The molecule has 0 aliphatic carbocycles. The Labute approximate surface area is 93.9 Å². The van der Waals surface area contributed by atoms with E-state index in [9.17, 15) is 4.79 Å². The first-order chi connectivity index (χ1) is 6.47. The van der Waals surface area contributed by atoms with E-state index in [4.69, 9.17) is 0 Å². The zero-order valence-corrected chi connectivity index (χ0v) is 10.5. The number of thioether (sulfide) groups is 1. The topological polar surface area (TPSA) is 17.1 Å². The molecule has 0 bridgehead atoms. The molecule has 1 nitrogen and oxygen atoms in total. The highest BCUT2D eigenvalue weighted by atomic mass is 32.2. The first kappa shape index (κ1) is 11.8. The lowest BCUT2D eigenvalue weighted by molar-refractivity contribution is -0.116. The number of thiophene rings is 1. The second-order valence-corrected chi connectivity index (χ2v) is 6.83. The molecule has 0 spiro atoms. The van der Waals surface area contributed by atoms with Crippen LogP contribution in [0.5, 0.6) is 0 Å². The van der Waals surface area contributed by atoms with Gasteiger partial charge < -0.3 is 0 Å². The van der Waals surface area contributed by atoms with E-state index in [1.165, 1.54) is 0 Å². The van der Waals surface area contributed by atoms with Crippen LogP contribution >= 0.6 is 23.1 Å². The fourth-order valence-electron chi connectivity index (χ4n) is 0.969. The number of Topliss-reactive ketones (excluding diaryl/α,β-unsaturated/α-hetero) is 1. The fraction of sp³-hybridized carbons (Fsp3) is 0.545. The number of carbonyl (C=O) groups excluding carboxylic acids is 1. The molecule has 0 saturated heterocycles. The van der Waals surface area contributed by atoms with Crippen molar-refractivity contribution in [2.24, 2.45) is 0 Å². The summed E-state index contributed by atoms with van der Waals surface area (Å²) in [5.74, 6) is 0.947. The molecule has 0 aliphatic heterocycles. The van der Waals surface area contributed by atoms with Crippen LogP contribution < -0.4 is 0 Å². The maximum atomic E-state index is 11.5. The minimum atomic E-state index is 0.185. The quantitative estimate of drug-likeness (QED) is 0.785. The van der Waals surface area contributed by atoms with Gasteiger partial charge in [-0.25, -0.2) is 0 Å². The Morgan fingerprint density at radius 3 is 2.71 bits per heavy atom. The summed E-state index contributed by atoms with van der Waals surface area (Å²) in [6.45, 7) is 6.40. The monoisotopic (exact) mass is 228 g/mol. The minimum absolute atomic E-state index is 0.185. The molecule has 3 heteroatoms. The van der Waals surface area contributed by atoms with Gasteiger partial charge >= 0.3 is 0 Å². The van der Waals surface area contributed by atoms with Crippen LogP contribution in [-0.2, 0) is 11.2 Å². The van der Waals surface area contributed by atoms with Crippen molar-refractivity contribution in [3.05, 3.63) is 22.4 Å². The Bertz CT molecular complexity index is 283. The predicted octanol–water partition coefficient (Wildman–Crippen LogP) is 3.39. The summed E-state index contributed by atoms with van der Waals surface area (Å²) in [5.41, 5.74) is 1.15. The van der Waals surface area contributed by atoms with Gasteiger partial charge in [0.1, 0.15) is 5.78 Å². The average Bonchev–Trinajstić information content (AvgIpc) is 2.52. The summed E-state index contributed by atoms with van der Waals surface area (Å²) in [5, 5.41) is 4.05. The minimum Gasteiger partial charge on any atom is -0.298 e. The summed E-state index contributed by atoms with van der Waals surface area (Å²) in [6.07, 6.45) is 0.590. The summed E-state index contributed by atoms with van der Waals surface area (Å²) < 4.78 is 0.185. The average molecular weight is 228 g/mol. The second kappa shape index (κ2) is 4.99. The van der Waals surface area contributed by atoms with Gasteiger partial charge in [0.05, 0.1) is 5.75 Å². The van der Waals surface area contributed by atoms with Gasteiger partial charge in [-0.2, -0.15) is 11.3 Å². The predicted molar refractivity (Wildman–Crippen MR) is 65.2 cm³/mol. The molecule has 1 heterocycles. The van der Waals surface area contributed by atoms with Crippen molar-refractivity contribution in [2.45, 2.75) is 31.9 Å². The van der Waals surface area contributed by atoms with Gasteiger partial charge in [-0.05, 0) is 22.4 Å². The Morgan fingerprint density at radius 1 is 1.50 bits per heavy atom. The molecule has 0 aromatic carbocycles. The highest BCUT2D eigenvalue weighted by molar-refractivity contribution is 8.01. The van der Waals surface area contributed by atoms with Crippen LogP contribution in [0.1, 0.15) is 26.3 Å². The number of carbonyl (C=O) groups is 1. The van der Waals surface area contributed by atoms with Crippen molar-refractivity contribution >= 4 is 28.9 Å². The lowest BCUT2D eigenvalue weighted by Crippen LogP contribution is -2.14. The van der Waals surface area contributed by atoms with Crippen LogP contribution in [0.3, 0.4) is 0 Å². The first-order valence-corrected chi connectivity index (χ1v) is 6.57. The molecular weight excluding hydrogens is 212 g/mol. The fourth-order valence-corrected chi connectivity index (χ4v) is 2.33. The molecule has 0 aliphatic rings. The largest absolute Gasteiger partial charge is 0.298 e. The van der Waals surface area contributed by atoms with E-state index in [0.29, 0.717) is 18.0 Å². The van der Waals surface area contributed by atoms with E-state index in [1.54, 1.807) is 23.1 Å². The van der Waals surface area contributed by atoms with Crippen LogP contribution in [0, 0.1) is 0 Å². The highest BCUT2D eigenvalue weighted by Gasteiger charge is 2.13. The third kappa shape index (κ3) is 4.82. The third-order valence-electron chi connectivity index (χ3n) is 1.65. The van der Waals surface area contributed by atoms with E-state index in [0.717, 1.165) is 5.56 Å². The maximum Gasteiger partial charge on any atom is 0.147 e. The molecular formula is C11H16OS2. The molecule has 0 amide bonds. The van der Waals surface area contributed by atoms with Gasteiger partial charge in [0.2, 0.25) is 0 Å². The van der Waals surface area contributed by atoms with Gasteiger partial charge in [0.25, 0.3) is 0 Å². The molecule has 78 valence electrons. The van der Waals surface area contributed by atoms with E-state index in [2.05, 4.69) is 20.8 Å². The molecule has 0 fully saturated rings. The smallest absolute Gasteiger partial charge is 0.147 e. The Kier molecular flexibility index (Phi) is 4.20. The molecule has 1 rings (SSSR count). The van der Waals surface area contributed by atoms with Crippen LogP contribution in [-0.4, -0.2) is 16.3 Å². The Balaban J connectivity index is 2.30. The molecule has 0 atom stereocenters. The standard InChI is InChI=1S/C11H16OS2/c1-11(2,3)14-8-10(12)6-9-4-5-13-7-9/h4-5,7H,6,8H2,1-3H3. The van der Waals surface area contributed by atoms with E-state index in [-0.39, 0.29) is 4.75 Å². The van der Waals surface area contributed by atoms with Crippen LogP contribution in [0.15, 0.2) is 16.8 Å². The normalized spacial score (nSPS) is 11.6. The van der Waals surface area contributed by atoms with Crippen LogP contribution in [0.4, 0.5) is 0 Å². The molecule has 0 N–H and O–H groups in total. The van der Waals surface area contributed by atoms with E-state index in [1.807, 2.05) is 16.8 Å². The third-order valence-corrected chi connectivity index (χ3v) is 3.71. The van der Waals surface area contributed by atoms with Gasteiger partial charge in [-0.15, -0.1) is 11.8 Å². The van der Waals surface area contributed by atoms with Crippen molar-refractivity contribution in [1.82, 2.24) is 0 Å². The SMILES string of the molecule is CC(C)(C)SCC(=O)Cc1ccsc1. The lowest BCUT2D eigenvalue weighted by atomic mass is 10.2.